The highest BCUT2D eigenvalue weighted by atomic mass is 79.9. The van der Waals surface area contributed by atoms with Crippen molar-refractivity contribution in [2.45, 2.75) is 18.4 Å². The number of carboxylic acid groups (broad SMARTS) is 1. The van der Waals surface area contributed by atoms with Crippen LogP contribution in [0.4, 0.5) is 5.69 Å². The monoisotopic (exact) mass is 403 g/mol. The molecule has 2 aromatic rings. The molecule has 0 bridgehead atoms. The summed E-state index contributed by atoms with van der Waals surface area (Å²) in [6, 6.07) is 11.6. The number of benzene rings is 2. The van der Waals surface area contributed by atoms with E-state index < -0.39 is 5.97 Å². The Morgan fingerprint density at radius 3 is 2.88 bits per heavy atom. The summed E-state index contributed by atoms with van der Waals surface area (Å²) in [4.78, 5) is 11.7. The maximum Gasteiger partial charge on any atom is 0.336 e. The van der Waals surface area contributed by atoms with Crippen LogP contribution in [0, 0.1) is 5.92 Å². The van der Waals surface area contributed by atoms with Crippen LogP contribution in [0.2, 0.25) is 5.02 Å². The van der Waals surface area contributed by atoms with Crippen LogP contribution in [0.15, 0.2) is 53.0 Å². The van der Waals surface area contributed by atoms with Crippen molar-refractivity contribution in [3.8, 4) is 0 Å². The van der Waals surface area contributed by atoms with Crippen LogP contribution >= 0.6 is 27.5 Å². The van der Waals surface area contributed by atoms with Gasteiger partial charge in [-0.25, -0.2) is 4.79 Å². The Kier molecular flexibility index (Phi) is 3.89. The summed E-state index contributed by atoms with van der Waals surface area (Å²) in [5.74, 6) is -0.567. The van der Waals surface area contributed by atoms with Crippen molar-refractivity contribution in [3.63, 3.8) is 0 Å². The third-order valence-electron chi connectivity index (χ3n) is 4.91. The highest BCUT2D eigenvalue weighted by molar-refractivity contribution is 9.10. The van der Waals surface area contributed by atoms with Gasteiger partial charge in [0.15, 0.2) is 0 Å². The summed E-state index contributed by atoms with van der Waals surface area (Å²) < 4.78 is 1.03. The summed E-state index contributed by atoms with van der Waals surface area (Å²) >= 11 is 9.94. The van der Waals surface area contributed by atoms with Crippen LogP contribution in [0.1, 0.15) is 39.9 Å². The van der Waals surface area contributed by atoms with Crippen LogP contribution in [0.5, 0.6) is 0 Å². The van der Waals surface area contributed by atoms with Gasteiger partial charge in [-0.1, -0.05) is 51.8 Å². The molecule has 1 heterocycles. The lowest BCUT2D eigenvalue weighted by Gasteiger charge is -2.38. The lowest BCUT2D eigenvalue weighted by molar-refractivity contribution is 0.0695. The van der Waals surface area contributed by atoms with Gasteiger partial charge in [-0.15, -0.1) is 0 Å². The number of carbonyl (C=O) groups is 1. The molecule has 0 spiro atoms. The smallest absolute Gasteiger partial charge is 0.336 e. The van der Waals surface area contributed by atoms with Gasteiger partial charge in [0.1, 0.15) is 0 Å². The van der Waals surface area contributed by atoms with Gasteiger partial charge in [0.25, 0.3) is 0 Å². The van der Waals surface area contributed by atoms with Crippen LogP contribution in [0.3, 0.4) is 0 Å². The summed E-state index contributed by atoms with van der Waals surface area (Å²) in [5, 5.41) is 13.7. The van der Waals surface area contributed by atoms with Crippen molar-refractivity contribution in [1.82, 2.24) is 0 Å². The standard InChI is InChI=1S/C19H15BrClNO2/c20-11-4-1-3-10(9-11)17-13-6-2-5-12(13)16-14(19(23)24)7-8-15(21)18(16)22-17/h1-5,7-9,12-13,17,22H,6H2,(H,23,24)/t12-,13+,17+/m1/s1. The molecule has 24 heavy (non-hydrogen) atoms. The van der Waals surface area contributed by atoms with Gasteiger partial charge < -0.3 is 10.4 Å². The average molecular weight is 405 g/mol. The number of anilines is 1. The van der Waals surface area contributed by atoms with Crippen LogP contribution in [0.25, 0.3) is 0 Å². The zero-order valence-electron chi connectivity index (χ0n) is 12.7. The number of rotatable bonds is 2. The van der Waals surface area contributed by atoms with E-state index in [9.17, 15) is 9.90 Å². The summed E-state index contributed by atoms with van der Waals surface area (Å²) in [6.45, 7) is 0. The van der Waals surface area contributed by atoms with Gasteiger partial charge in [-0.2, -0.15) is 0 Å². The lowest BCUT2D eigenvalue weighted by atomic mass is 9.75. The van der Waals surface area contributed by atoms with E-state index in [-0.39, 0.29) is 17.9 Å². The molecule has 3 nitrogen and oxygen atoms in total. The zero-order valence-corrected chi connectivity index (χ0v) is 15.0. The van der Waals surface area contributed by atoms with Gasteiger partial charge in [0.05, 0.1) is 22.3 Å². The zero-order chi connectivity index (χ0) is 16.8. The minimum Gasteiger partial charge on any atom is -0.478 e. The Balaban J connectivity index is 1.88. The number of nitrogens with one attached hydrogen (secondary N) is 1. The summed E-state index contributed by atoms with van der Waals surface area (Å²) in [7, 11) is 0. The SMILES string of the molecule is O=C(O)c1ccc(Cl)c2c1[C@@H]1C=CC[C@@H]1[C@H](c1cccc(Br)c1)N2. The van der Waals surface area contributed by atoms with Crippen molar-refractivity contribution in [2.24, 2.45) is 5.92 Å². The van der Waals surface area contributed by atoms with Gasteiger partial charge in [-0.3, -0.25) is 0 Å². The molecule has 0 unspecified atom stereocenters. The minimum absolute atomic E-state index is 0.0648. The molecular weight excluding hydrogens is 390 g/mol. The van der Waals surface area contributed by atoms with Crippen LogP contribution in [-0.4, -0.2) is 11.1 Å². The molecule has 2 aromatic carbocycles. The van der Waals surface area contributed by atoms with E-state index >= 15 is 0 Å². The Hall–Kier alpha value is -1.78. The quantitative estimate of drug-likeness (QED) is 0.638. The highest BCUT2D eigenvalue weighted by Crippen LogP contribution is 2.52. The Morgan fingerprint density at radius 1 is 1.29 bits per heavy atom. The van der Waals surface area contributed by atoms with Crippen LogP contribution in [-0.2, 0) is 0 Å². The Bertz CT molecular complexity index is 864. The maximum absolute atomic E-state index is 11.7. The maximum atomic E-state index is 11.7. The fourth-order valence-electron chi connectivity index (χ4n) is 3.89. The second-order valence-corrected chi connectivity index (χ2v) is 7.54. The predicted molar refractivity (Wildman–Crippen MR) is 98.9 cm³/mol. The molecule has 1 aliphatic carbocycles. The largest absolute Gasteiger partial charge is 0.478 e. The van der Waals surface area contributed by atoms with Crippen molar-refractivity contribution >= 4 is 39.2 Å². The Labute approximate surface area is 153 Å². The van der Waals surface area contributed by atoms with E-state index in [0.29, 0.717) is 10.6 Å². The number of halogens is 2. The second-order valence-electron chi connectivity index (χ2n) is 6.22. The summed E-state index contributed by atoms with van der Waals surface area (Å²) in [5.41, 5.74) is 3.05. The van der Waals surface area contributed by atoms with Gasteiger partial charge in [-0.05, 0) is 47.7 Å². The fourth-order valence-corrected chi connectivity index (χ4v) is 4.53. The molecule has 122 valence electrons. The molecule has 0 radical (unpaired) electrons. The van der Waals surface area contributed by atoms with Crippen molar-refractivity contribution < 1.29 is 9.90 Å². The third-order valence-corrected chi connectivity index (χ3v) is 5.72. The van der Waals surface area contributed by atoms with Crippen molar-refractivity contribution in [1.29, 1.82) is 0 Å². The molecule has 5 heteroatoms. The first kappa shape index (κ1) is 15.7. The van der Waals surface area contributed by atoms with Gasteiger partial charge in [0.2, 0.25) is 0 Å². The number of carboxylic acids is 1. The number of aromatic carboxylic acids is 1. The molecule has 4 rings (SSSR count). The molecule has 0 saturated carbocycles. The van der Waals surface area contributed by atoms with Crippen molar-refractivity contribution in [2.75, 3.05) is 5.32 Å². The molecule has 3 atom stereocenters. The van der Waals surface area contributed by atoms with E-state index in [0.717, 1.165) is 22.1 Å². The molecule has 2 N–H and O–H groups in total. The van der Waals surface area contributed by atoms with Crippen LogP contribution < -0.4 is 5.32 Å². The van der Waals surface area contributed by atoms with E-state index in [1.54, 1.807) is 12.1 Å². The number of hydrogen-bond acceptors (Lipinski definition) is 2. The molecule has 1 aliphatic heterocycles. The van der Waals surface area contributed by atoms with E-state index in [2.05, 4.69) is 45.5 Å². The number of allylic oxidation sites excluding steroid dienone is 2. The Morgan fingerprint density at radius 2 is 2.12 bits per heavy atom. The van der Waals surface area contributed by atoms with Crippen molar-refractivity contribution in [3.05, 3.63) is 74.7 Å². The molecule has 0 aromatic heterocycles. The number of fused-ring (bicyclic) bond motifs is 3. The molecule has 2 aliphatic rings. The first-order valence-corrected chi connectivity index (χ1v) is 8.97. The van der Waals surface area contributed by atoms with E-state index in [4.69, 9.17) is 11.6 Å². The molecule has 0 amide bonds. The van der Waals surface area contributed by atoms with E-state index in [1.165, 1.54) is 5.56 Å². The van der Waals surface area contributed by atoms with Gasteiger partial charge >= 0.3 is 5.97 Å². The lowest BCUT2D eigenvalue weighted by Crippen LogP contribution is -2.30. The third kappa shape index (κ3) is 2.45. The normalized spacial score (nSPS) is 24.2. The fraction of sp³-hybridized carbons (Fsp3) is 0.211. The highest BCUT2D eigenvalue weighted by Gasteiger charge is 2.40. The van der Waals surface area contributed by atoms with Gasteiger partial charge in [0, 0.05) is 10.4 Å². The van der Waals surface area contributed by atoms with E-state index in [1.807, 2.05) is 12.1 Å². The first-order valence-electron chi connectivity index (χ1n) is 7.80. The predicted octanol–water partition coefficient (Wildman–Crippen LogP) is 5.63. The summed E-state index contributed by atoms with van der Waals surface area (Å²) in [6.07, 6.45) is 5.18. The first-order chi connectivity index (χ1) is 11.6. The number of hydrogen-bond donors (Lipinski definition) is 2. The average Bonchev–Trinajstić information content (AvgIpc) is 3.04. The molecular formula is C19H15BrClNO2. The topological polar surface area (TPSA) is 49.3 Å². The minimum atomic E-state index is -0.912. The molecule has 0 saturated heterocycles. The second kappa shape index (κ2) is 5.94. The molecule has 0 fully saturated rings.